The molecule has 0 spiro atoms. The van der Waals surface area contributed by atoms with Crippen molar-refractivity contribution in [3.8, 4) is 0 Å². The van der Waals surface area contributed by atoms with Crippen LogP contribution in [0.25, 0.3) is 0 Å². The van der Waals surface area contributed by atoms with Crippen LogP contribution in [0, 0.1) is 6.92 Å². The monoisotopic (exact) mass is 301 g/mol. The second-order valence-electron chi connectivity index (χ2n) is 3.84. The van der Waals surface area contributed by atoms with Gasteiger partial charge in [-0.15, -0.1) is 0 Å². The molecule has 0 aliphatic rings. The predicted molar refractivity (Wildman–Crippen MR) is 59.9 cm³/mol. The molecule has 0 bridgehead atoms. The first-order valence-electron chi connectivity index (χ1n) is 5.39. The van der Waals surface area contributed by atoms with Crippen LogP contribution in [0.15, 0.2) is 15.4 Å². The summed E-state index contributed by atoms with van der Waals surface area (Å²) in [6, 6.07) is 1.03. The summed E-state index contributed by atoms with van der Waals surface area (Å²) in [7, 11) is -4.30. The van der Waals surface area contributed by atoms with Gasteiger partial charge in [0.2, 0.25) is 10.0 Å². The lowest BCUT2D eigenvalue weighted by molar-refractivity contribution is -0.135. The van der Waals surface area contributed by atoms with Crippen molar-refractivity contribution in [2.75, 3.05) is 13.1 Å². The molecule has 0 amide bonds. The topological polar surface area (TPSA) is 70.8 Å². The SMILES string of the molecule is CCN(CC(F)(F)F)S(=O)(=O)c1cc(CO)oc1C. The highest BCUT2D eigenvalue weighted by molar-refractivity contribution is 7.89. The van der Waals surface area contributed by atoms with Crippen LogP contribution in [0.5, 0.6) is 0 Å². The Balaban J connectivity index is 3.17. The van der Waals surface area contributed by atoms with E-state index in [1.165, 1.54) is 13.8 Å². The molecule has 0 radical (unpaired) electrons. The smallest absolute Gasteiger partial charge is 0.402 e. The number of hydrogen-bond acceptors (Lipinski definition) is 4. The summed E-state index contributed by atoms with van der Waals surface area (Å²) >= 11 is 0. The molecule has 0 saturated heterocycles. The first kappa shape index (κ1) is 16.0. The minimum Gasteiger partial charge on any atom is -0.462 e. The summed E-state index contributed by atoms with van der Waals surface area (Å²) in [5, 5.41) is 8.84. The fraction of sp³-hybridized carbons (Fsp3) is 0.600. The van der Waals surface area contributed by atoms with Gasteiger partial charge in [-0.25, -0.2) is 8.42 Å². The third-order valence-corrected chi connectivity index (χ3v) is 4.43. The van der Waals surface area contributed by atoms with Gasteiger partial charge in [0.15, 0.2) is 0 Å². The lowest BCUT2D eigenvalue weighted by Crippen LogP contribution is -2.38. The van der Waals surface area contributed by atoms with Crippen molar-refractivity contribution in [1.29, 1.82) is 0 Å². The minimum atomic E-state index is -4.62. The normalized spacial score (nSPS) is 13.2. The molecule has 0 aliphatic heterocycles. The Bertz CT molecular complexity index is 535. The number of aliphatic hydroxyl groups is 1. The number of alkyl halides is 3. The standard InChI is InChI=1S/C10H14F3NO4S/c1-3-14(6-10(11,12)13)19(16,17)9-4-8(5-15)18-7(9)2/h4,15H,3,5-6H2,1-2H3. The number of nitrogens with zero attached hydrogens (tertiary/aromatic N) is 1. The predicted octanol–water partition coefficient (Wildman–Crippen LogP) is 1.65. The van der Waals surface area contributed by atoms with E-state index in [1.54, 1.807) is 0 Å². The molecule has 0 fully saturated rings. The van der Waals surface area contributed by atoms with Gasteiger partial charge in [0.25, 0.3) is 0 Å². The highest BCUT2D eigenvalue weighted by Crippen LogP contribution is 2.26. The summed E-state index contributed by atoms with van der Waals surface area (Å²) in [5.74, 6) is -0.0659. The van der Waals surface area contributed by atoms with E-state index in [9.17, 15) is 21.6 Å². The number of halogens is 3. The van der Waals surface area contributed by atoms with Gasteiger partial charge in [0, 0.05) is 12.6 Å². The molecular formula is C10H14F3NO4S. The van der Waals surface area contributed by atoms with Crippen molar-refractivity contribution >= 4 is 10.0 Å². The Morgan fingerprint density at radius 3 is 2.37 bits per heavy atom. The van der Waals surface area contributed by atoms with Gasteiger partial charge in [-0.3, -0.25) is 0 Å². The van der Waals surface area contributed by atoms with Gasteiger partial charge in [-0.2, -0.15) is 17.5 Å². The fourth-order valence-corrected chi connectivity index (χ4v) is 3.18. The van der Waals surface area contributed by atoms with Crippen molar-refractivity contribution in [1.82, 2.24) is 4.31 Å². The highest BCUT2D eigenvalue weighted by Gasteiger charge is 2.37. The number of aliphatic hydroxyl groups excluding tert-OH is 1. The molecule has 1 heterocycles. The van der Waals surface area contributed by atoms with Crippen LogP contribution in [0.1, 0.15) is 18.4 Å². The summed E-state index contributed by atoms with van der Waals surface area (Å²) in [6.07, 6.45) is -4.62. The Morgan fingerprint density at radius 2 is 2.00 bits per heavy atom. The molecule has 19 heavy (non-hydrogen) atoms. The number of hydrogen-bond donors (Lipinski definition) is 1. The van der Waals surface area contributed by atoms with E-state index in [0.717, 1.165) is 6.07 Å². The third-order valence-electron chi connectivity index (χ3n) is 2.41. The Hall–Kier alpha value is -1.06. The van der Waals surface area contributed by atoms with E-state index in [4.69, 9.17) is 9.52 Å². The van der Waals surface area contributed by atoms with Crippen molar-refractivity contribution in [3.05, 3.63) is 17.6 Å². The summed E-state index contributed by atoms with van der Waals surface area (Å²) in [5.41, 5.74) is 0. The molecule has 0 unspecified atom stereocenters. The Kier molecular flexibility index (Phi) is 4.64. The maximum atomic E-state index is 12.3. The number of aryl methyl sites for hydroxylation is 1. The fourth-order valence-electron chi connectivity index (χ4n) is 1.56. The Morgan fingerprint density at radius 1 is 1.42 bits per heavy atom. The summed E-state index contributed by atoms with van der Waals surface area (Å²) < 4.78 is 66.4. The molecule has 0 atom stereocenters. The van der Waals surface area contributed by atoms with Gasteiger partial charge >= 0.3 is 6.18 Å². The summed E-state index contributed by atoms with van der Waals surface area (Å²) in [4.78, 5) is -0.359. The van der Waals surface area contributed by atoms with Crippen molar-refractivity contribution in [2.24, 2.45) is 0 Å². The second kappa shape index (κ2) is 5.51. The van der Waals surface area contributed by atoms with Gasteiger partial charge in [0.1, 0.15) is 29.6 Å². The molecular weight excluding hydrogens is 287 g/mol. The first-order chi connectivity index (χ1) is 8.61. The number of sulfonamides is 1. The quantitative estimate of drug-likeness (QED) is 0.898. The molecule has 9 heteroatoms. The molecule has 1 N–H and O–H groups in total. The van der Waals surface area contributed by atoms with Crippen LogP contribution in [0.4, 0.5) is 13.2 Å². The van der Waals surface area contributed by atoms with Crippen LogP contribution in [-0.2, 0) is 16.6 Å². The van der Waals surface area contributed by atoms with E-state index in [1.807, 2.05) is 0 Å². The average molecular weight is 301 g/mol. The van der Waals surface area contributed by atoms with Crippen LogP contribution >= 0.6 is 0 Å². The molecule has 1 aromatic rings. The van der Waals surface area contributed by atoms with Gasteiger partial charge in [0.05, 0.1) is 0 Å². The van der Waals surface area contributed by atoms with Gasteiger partial charge in [-0.05, 0) is 6.92 Å². The van der Waals surface area contributed by atoms with Crippen LogP contribution < -0.4 is 0 Å². The molecule has 0 aromatic carbocycles. The van der Waals surface area contributed by atoms with E-state index in [-0.39, 0.29) is 23.0 Å². The largest absolute Gasteiger partial charge is 0.462 e. The number of rotatable bonds is 5. The number of furan rings is 1. The zero-order chi connectivity index (χ0) is 14.8. The van der Waals surface area contributed by atoms with Gasteiger partial charge < -0.3 is 9.52 Å². The minimum absolute atomic E-state index is 0.0147. The average Bonchev–Trinajstić information content (AvgIpc) is 2.66. The maximum Gasteiger partial charge on any atom is 0.402 e. The van der Waals surface area contributed by atoms with E-state index < -0.39 is 29.4 Å². The second-order valence-corrected chi connectivity index (χ2v) is 5.74. The van der Waals surface area contributed by atoms with Crippen LogP contribution in [0.2, 0.25) is 0 Å². The third kappa shape index (κ3) is 3.71. The van der Waals surface area contributed by atoms with Crippen LogP contribution in [0.3, 0.4) is 0 Å². The molecule has 5 nitrogen and oxygen atoms in total. The Labute approximate surface area is 108 Å². The zero-order valence-corrected chi connectivity index (χ0v) is 11.2. The zero-order valence-electron chi connectivity index (χ0n) is 10.4. The summed E-state index contributed by atoms with van der Waals surface area (Å²) in [6.45, 7) is 0.215. The van der Waals surface area contributed by atoms with E-state index in [2.05, 4.69) is 0 Å². The lowest BCUT2D eigenvalue weighted by atomic mass is 10.4. The van der Waals surface area contributed by atoms with E-state index >= 15 is 0 Å². The first-order valence-corrected chi connectivity index (χ1v) is 6.83. The molecule has 0 saturated carbocycles. The van der Waals surface area contributed by atoms with Crippen molar-refractivity contribution in [3.63, 3.8) is 0 Å². The molecule has 110 valence electrons. The van der Waals surface area contributed by atoms with Gasteiger partial charge in [-0.1, -0.05) is 6.92 Å². The molecule has 1 aromatic heterocycles. The maximum absolute atomic E-state index is 12.3. The lowest BCUT2D eigenvalue weighted by Gasteiger charge is -2.21. The molecule has 0 aliphatic carbocycles. The molecule has 1 rings (SSSR count). The van der Waals surface area contributed by atoms with E-state index in [0.29, 0.717) is 4.31 Å². The highest BCUT2D eigenvalue weighted by atomic mass is 32.2. The van der Waals surface area contributed by atoms with Crippen molar-refractivity contribution < 1.29 is 31.1 Å². The van der Waals surface area contributed by atoms with Crippen molar-refractivity contribution in [2.45, 2.75) is 31.5 Å². The van der Waals surface area contributed by atoms with Crippen LogP contribution in [-0.4, -0.2) is 37.1 Å².